The van der Waals surface area contributed by atoms with Crippen molar-refractivity contribution in [3.05, 3.63) is 44.9 Å². The summed E-state index contributed by atoms with van der Waals surface area (Å²) < 4.78 is 5.51. The van der Waals surface area contributed by atoms with Gasteiger partial charge in [0.05, 0.1) is 11.5 Å². The number of rotatable bonds is 6. The molecule has 0 bridgehead atoms. The lowest BCUT2D eigenvalue weighted by Gasteiger charge is -2.33. The number of thioether (sulfide) groups is 1. The van der Waals surface area contributed by atoms with E-state index in [4.69, 9.17) is 4.74 Å². The number of dihydropyridines is 1. The Morgan fingerprint density at radius 2 is 2.28 bits per heavy atom. The van der Waals surface area contributed by atoms with Crippen molar-refractivity contribution in [1.29, 1.82) is 0 Å². The van der Waals surface area contributed by atoms with Crippen molar-refractivity contribution < 1.29 is 14.3 Å². The number of Topliss-reactive ketones (excluding diaryl/α,β-unsaturated/α-hetero) is 1. The smallest absolute Gasteiger partial charge is 0.336 e. The van der Waals surface area contributed by atoms with Gasteiger partial charge in [0.15, 0.2) is 5.78 Å². The number of allylic oxidation sites excluding steroid dienone is 3. The fourth-order valence-electron chi connectivity index (χ4n) is 3.41. The van der Waals surface area contributed by atoms with Gasteiger partial charge in [-0.2, -0.15) is 11.8 Å². The van der Waals surface area contributed by atoms with E-state index in [-0.39, 0.29) is 17.7 Å². The summed E-state index contributed by atoms with van der Waals surface area (Å²) in [5.74, 6) is 1.33. The number of nitrogens with one attached hydrogen (secondary N) is 1. The van der Waals surface area contributed by atoms with Crippen LogP contribution in [0.15, 0.2) is 40.1 Å². The zero-order chi connectivity index (χ0) is 17.8. The third-order valence-electron chi connectivity index (χ3n) is 4.49. The number of carbonyl (C=O) groups excluding carboxylic acids is 2. The molecule has 0 amide bonds. The Morgan fingerprint density at radius 1 is 1.44 bits per heavy atom. The maximum absolute atomic E-state index is 12.8. The summed E-state index contributed by atoms with van der Waals surface area (Å²) in [5.41, 5.74) is 3.12. The molecule has 0 unspecified atom stereocenters. The highest BCUT2D eigenvalue weighted by Crippen LogP contribution is 2.43. The van der Waals surface area contributed by atoms with Crippen LogP contribution in [-0.2, 0) is 14.3 Å². The molecule has 3 rings (SSSR count). The molecule has 1 aliphatic heterocycles. The molecule has 0 aromatic carbocycles. The van der Waals surface area contributed by atoms with Crippen LogP contribution in [0.5, 0.6) is 0 Å². The lowest BCUT2D eigenvalue weighted by Crippen LogP contribution is -2.34. The van der Waals surface area contributed by atoms with Gasteiger partial charge in [0.2, 0.25) is 0 Å². The summed E-state index contributed by atoms with van der Waals surface area (Å²) in [6.07, 6.45) is 2.27. The summed E-state index contributed by atoms with van der Waals surface area (Å²) in [4.78, 5) is 26.5. The minimum atomic E-state index is -0.315. The molecule has 4 nitrogen and oxygen atoms in total. The summed E-state index contributed by atoms with van der Waals surface area (Å²) in [6, 6.07) is 3.96. The van der Waals surface area contributed by atoms with Gasteiger partial charge in [-0.25, -0.2) is 4.79 Å². The van der Waals surface area contributed by atoms with E-state index >= 15 is 0 Å². The van der Waals surface area contributed by atoms with Gasteiger partial charge >= 0.3 is 5.97 Å². The zero-order valence-corrected chi connectivity index (χ0v) is 16.2. The monoisotopic (exact) mass is 377 g/mol. The van der Waals surface area contributed by atoms with E-state index in [1.54, 1.807) is 23.1 Å². The average molecular weight is 378 g/mol. The molecule has 1 N–H and O–H groups in total. The van der Waals surface area contributed by atoms with E-state index in [2.05, 4.69) is 12.2 Å². The third-order valence-corrected chi connectivity index (χ3v) is 6.29. The number of thiophene rings is 1. The van der Waals surface area contributed by atoms with Gasteiger partial charge in [0, 0.05) is 34.0 Å². The lowest BCUT2D eigenvalue weighted by atomic mass is 9.78. The first-order valence-electron chi connectivity index (χ1n) is 8.65. The molecular formula is C19H23NO3S2. The molecule has 134 valence electrons. The van der Waals surface area contributed by atoms with Crippen LogP contribution in [0.2, 0.25) is 0 Å². The zero-order valence-electron chi connectivity index (χ0n) is 14.6. The predicted molar refractivity (Wildman–Crippen MR) is 103 cm³/mol. The van der Waals surface area contributed by atoms with Gasteiger partial charge in [-0.15, -0.1) is 11.3 Å². The number of ether oxygens (including phenoxy) is 1. The number of hydrogen-bond acceptors (Lipinski definition) is 6. The number of hydrogen-bond donors (Lipinski definition) is 1. The highest BCUT2D eigenvalue weighted by molar-refractivity contribution is 7.99. The highest BCUT2D eigenvalue weighted by atomic mass is 32.2. The van der Waals surface area contributed by atoms with Gasteiger partial charge in [0.25, 0.3) is 0 Å². The number of carbonyl (C=O) groups is 2. The molecule has 6 heteroatoms. The quantitative estimate of drug-likeness (QED) is 0.600. The fraction of sp³-hybridized carbons (Fsp3) is 0.474. The molecule has 0 saturated carbocycles. The van der Waals surface area contributed by atoms with Gasteiger partial charge < -0.3 is 10.1 Å². The van der Waals surface area contributed by atoms with Crippen molar-refractivity contribution in [3.8, 4) is 0 Å². The minimum Gasteiger partial charge on any atom is -0.461 e. The van der Waals surface area contributed by atoms with Crippen molar-refractivity contribution in [2.75, 3.05) is 18.1 Å². The minimum absolute atomic E-state index is 0.145. The predicted octanol–water partition coefficient (Wildman–Crippen LogP) is 4.01. The second kappa shape index (κ2) is 8.23. The molecule has 0 saturated heterocycles. The first-order chi connectivity index (χ1) is 12.1. The SMILES string of the molecule is CCSCCOC(=O)C1=C(C)NC2=C(C(=O)CCC2)[C@@H]1c1cccs1. The van der Waals surface area contributed by atoms with Crippen LogP contribution in [0.3, 0.4) is 0 Å². The Labute approximate surface area is 156 Å². The van der Waals surface area contributed by atoms with Crippen LogP contribution in [0.25, 0.3) is 0 Å². The molecule has 0 spiro atoms. The van der Waals surface area contributed by atoms with Gasteiger partial charge in [-0.1, -0.05) is 13.0 Å². The molecule has 1 aliphatic carbocycles. The van der Waals surface area contributed by atoms with Crippen molar-refractivity contribution >= 4 is 34.9 Å². The fourth-order valence-corrected chi connectivity index (χ4v) is 4.74. The van der Waals surface area contributed by atoms with Crippen LogP contribution >= 0.6 is 23.1 Å². The summed E-state index contributed by atoms with van der Waals surface area (Å²) in [7, 11) is 0. The largest absolute Gasteiger partial charge is 0.461 e. The highest BCUT2D eigenvalue weighted by Gasteiger charge is 2.39. The Bertz CT molecular complexity index is 719. The molecule has 0 fully saturated rings. The molecule has 1 atom stereocenters. The summed E-state index contributed by atoms with van der Waals surface area (Å²) in [5, 5.41) is 5.30. The molecule has 1 aromatic heterocycles. The van der Waals surface area contributed by atoms with E-state index in [1.807, 2.05) is 24.4 Å². The number of ketones is 1. The molecule has 0 radical (unpaired) electrons. The van der Waals surface area contributed by atoms with Gasteiger partial charge in [0.1, 0.15) is 6.61 Å². The van der Waals surface area contributed by atoms with Crippen LogP contribution in [0.1, 0.15) is 43.9 Å². The first-order valence-corrected chi connectivity index (χ1v) is 10.7. The first kappa shape index (κ1) is 18.3. The summed E-state index contributed by atoms with van der Waals surface area (Å²) in [6.45, 7) is 4.38. The van der Waals surface area contributed by atoms with Crippen molar-refractivity contribution in [3.63, 3.8) is 0 Å². The van der Waals surface area contributed by atoms with Crippen LogP contribution in [0.4, 0.5) is 0 Å². The van der Waals surface area contributed by atoms with Gasteiger partial charge in [-0.3, -0.25) is 4.79 Å². The van der Waals surface area contributed by atoms with Crippen molar-refractivity contribution in [2.45, 2.75) is 39.0 Å². The van der Waals surface area contributed by atoms with E-state index in [0.717, 1.165) is 46.2 Å². The second-order valence-corrected chi connectivity index (χ2v) is 8.49. The van der Waals surface area contributed by atoms with Gasteiger partial charge in [-0.05, 0) is 37.0 Å². The molecule has 25 heavy (non-hydrogen) atoms. The summed E-state index contributed by atoms with van der Waals surface area (Å²) >= 11 is 3.33. The van der Waals surface area contributed by atoms with Crippen LogP contribution in [0, 0.1) is 0 Å². The van der Waals surface area contributed by atoms with Crippen LogP contribution < -0.4 is 5.32 Å². The maximum Gasteiger partial charge on any atom is 0.336 e. The molecule has 1 aromatic rings. The molecular weight excluding hydrogens is 354 g/mol. The average Bonchev–Trinajstić information content (AvgIpc) is 3.12. The van der Waals surface area contributed by atoms with Crippen LogP contribution in [-0.4, -0.2) is 29.9 Å². The topological polar surface area (TPSA) is 55.4 Å². The normalized spacial score (nSPS) is 20.4. The number of esters is 1. The Balaban J connectivity index is 1.92. The van der Waals surface area contributed by atoms with E-state index in [0.29, 0.717) is 18.6 Å². The Kier molecular flexibility index (Phi) is 6.02. The van der Waals surface area contributed by atoms with E-state index in [1.165, 1.54) is 0 Å². The lowest BCUT2D eigenvalue weighted by molar-refractivity contribution is -0.138. The molecule has 2 heterocycles. The van der Waals surface area contributed by atoms with Crippen molar-refractivity contribution in [2.24, 2.45) is 0 Å². The Morgan fingerprint density at radius 3 is 3.00 bits per heavy atom. The van der Waals surface area contributed by atoms with E-state index < -0.39 is 0 Å². The third kappa shape index (κ3) is 3.85. The molecule has 2 aliphatic rings. The standard InChI is InChI=1S/C19H23NO3S2/c1-3-24-11-9-23-19(22)16-12(2)20-13-6-4-7-14(21)17(13)18(16)15-8-5-10-25-15/h5,8,10,18,20H,3-4,6-7,9,11H2,1-2H3/t18-/m1/s1. The maximum atomic E-state index is 12.8. The van der Waals surface area contributed by atoms with Crippen molar-refractivity contribution in [1.82, 2.24) is 5.32 Å². The van der Waals surface area contributed by atoms with E-state index in [9.17, 15) is 9.59 Å². The Hall–Kier alpha value is -1.53. The second-order valence-electron chi connectivity index (χ2n) is 6.11.